The average Bonchev–Trinajstić information content (AvgIpc) is 3.77. The lowest BCUT2D eigenvalue weighted by Crippen LogP contribution is -2.58. The molecule has 50 heavy (non-hydrogen) atoms. The van der Waals surface area contributed by atoms with E-state index < -0.39 is 30.6 Å². The Morgan fingerprint density at radius 2 is 1.24 bits per heavy atom. The van der Waals surface area contributed by atoms with Crippen molar-refractivity contribution in [1.82, 2.24) is 9.55 Å². The summed E-state index contributed by atoms with van der Waals surface area (Å²) in [6.45, 7) is 1.30. The number of hydrogen-bond donors (Lipinski definition) is 1. The zero-order chi connectivity index (χ0) is 33.7. The van der Waals surface area contributed by atoms with Gasteiger partial charge in [-0.2, -0.15) is 0 Å². The highest BCUT2D eigenvalue weighted by atomic mass is 32.1. The maximum Gasteiger partial charge on any atom is 0.163 e. The molecule has 0 spiro atoms. The van der Waals surface area contributed by atoms with Gasteiger partial charge in [0.05, 0.1) is 42.2 Å². The predicted octanol–water partition coefficient (Wildman–Crippen LogP) is 8.56. The summed E-state index contributed by atoms with van der Waals surface area (Å²) in [4.78, 5) is 4.98. The first-order valence-corrected chi connectivity index (χ1v) is 17.7. The molecule has 8 heteroatoms. The van der Waals surface area contributed by atoms with Crippen LogP contribution in [-0.2, 0) is 38.8 Å². The van der Waals surface area contributed by atoms with E-state index >= 15 is 0 Å². The second-order valence-electron chi connectivity index (χ2n) is 12.5. The van der Waals surface area contributed by atoms with Gasteiger partial charge in [-0.15, -0.1) is 11.3 Å². The van der Waals surface area contributed by atoms with Crippen LogP contribution in [-0.4, -0.2) is 45.7 Å². The van der Waals surface area contributed by atoms with Crippen molar-refractivity contribution in [3.8, 4) is 10.6 Å². The maximum atomic E-state index is 12.3. The highest BCUT2D eigenvalue weighted by Gasteiger charge is 2.48. The SMILES string of the molecule is O[C@H]1[C@@H](OCc2ccccc2)[C@H](OCc2ccccc2)[C@@H](COCc2ccccc2)O[C@@H]1n1cc(-c2nc3ccccc3s2)c2ccccc21. The number of benzene rings is 5. The summed E-state index contributed by atoms with van der Waals surface area (Å²) in [6.07, 6.45) is -1.70. The third-order valence-electron chi connectivity index (χ3n) is 9.14. The third-order valence-corrected chi connectivity index (χ3v) is 10.2. The molecule has 1 fully saturated rings. The summed E-state index contributed by atoms with van der Waals surface area (Å²) in [5.74, 6) is 0. The molecule has 1 aliphatic heterocycles. The molecule has 0 aliphatic carbocycles. The minimum Gasteiger partial charge on any atom is -0.386 e. The van der Waals surface area contributed by atoms with Crippen LogP contribution in [0, 0.1) is 0 Å². The van der Waals surface area contributed by atoms with Gasteiger partial charge in [0, 0.05) is 17.1 Å². The third kappa shape index (κ3) is 7.00. The first-order valence-electron chi connectivity index (χ1n) is 16.9. The van der Waals surface area contributed by atoms with Crippen molar-refractivity contribution >= 4 is 32.5 Å². The standard InChI is InChI=1S/C42H38N2O5S/c45-38-40(48-27-31-18-8-3-9-19-31)39(47-26-30-16-6-2-7-17-30)36(28-46-25-29-14-4-1-5-15-29)49-42(38)44-24-33(32-20-10-12-22-35(32)44)41-43-34-21-11-13-23-37(34)50-41/h1-24,36,38-40,42,45H,25-28H2/t36-,38+,39-,40-,42+/m1/s1. The molecule has 5 atom stereocenters. The van der Waals surface area contributed by atoms with Gasteiger partial charge in [-0.25, -0.2) is 4.98 Å². The van der Waals surface area contributed by atoms with Crippen molar-refractivity contribution in [3.63, 3.8) is 0 Å². The van der Waals surface area contributed by atoms with Gasteiger partial charge >= 0.3 is 0 Å². The van der Waals surface area contributed by atoms with Gasteiger partial charge in [0.1, 0.15) is 29.4 Å². The summed E-state index contributed by atoms with van der Waals surface area (Å²) in [7, 11) is 0. The molecule has 0 bridgehead atoms. The van der Waals surface area contributed by atoms with Gasteiger partial charge in [-0.05, 0) is 34.9 Å². The Morgan fingerprint density at radius 3 is 1.92 bits per heavy atom. The van der Waals surface area contributed by atoms with Crippen LogP contribution in [0.4, 0.5) is 0 Å². The summed E-state index contributed by atoms with van der Waals surface area (Å²) < 4.78 is 29.6. The van der Waals surface area contributed by atoms with E-state index in [0.29, 0.717) is 19.8 Å². The van der Waals surface area contributed by atoms with Gasteiger partial charge in [-0.3, -0.25) is 0 Å². The lowest BCUT2D eigenvalue weighted by Gasteiger charge is -2.45. The molecule has 7 aromatic rings. The summed E-state index contributed by atoms with van der Waals surface area (Å²) >= 11 is 1.65. The second-order valence-corrected chi connectivity index (χ2v) is 13.6. The molecule has 1 aliphatic rings. The Morgan fingerprint density at radius 1 is 0.660 bits per heavy atom. The number of rotatable bonds is 12. The smallest absolute Gasteiger partial charge is 0.163 e. The van der Waals surface area contributed by atoms with Crippen molar-refractivity contribution < 1.29 is 24.1 Å². The van der Waals surface area contributed by atoms with Gasteiger partial charge in [0.15, 0.2) is 6.23 Å². The molecule has 3 heterocycles. The number of ether oxygens (including phenoxy) is 4. The van der Waals surface area contributed by atoms with Crippen molar-refractivity contribution in [2.75, 3.05) is 6.61 Å². The van der Waals surface area contributed by atoms with Crippen LogP contribution >= 0.6 is 11.3 Å². The van der Waals surface area contributed by atoms with E-state index in [9.17, 15) is 5.11 Å². The minimum atomic E-state index is -1.07. The molecule has 0 unspecified atom stereocenters. The molecule has 5 aromatic carbocycles. The monoisotopic (exact) mass is 682 g/mol. The van der Waals surface area contributed by atoms with Crippen LogP contribution in [0.2, 0.25) is 0 Å². The van der Waals surface area contributed by atoms with E-state index in [1.807, 2.05) is 126 Å². The predicted molar refractivity (Wildman–Crippen MR) is 197 cm³/mol. The number of nitrogens with zero attached hydrogens (tertiary/aromatic N) is 2. The number of fused-ring (bicyclic) bond motifs is 2. The van der Waals surface area contributed by atoms with Crippen LogP contribution in [0.5, 0.6) is 0 Å². The van der Waals surface area contributed by atoms with Crippen LogP contribution in [0.15, 0.2) is 146 Å². The number of aromatic nitrogens is 2. The molecule has 0 amide bonds. The fraction of sp³-hybridized carbons (Fsp3) is 0.214. The first kappa shape index (κ1) is 32.5. The van der Waals surface area contributed by atoms with E-state index in [4.69, 9.17) is 23.9 Å². The largest absolute Gasteiger partial charge is 0.386 e. The van der Waals surface area contributed by atoms with Gasteiger partial charge in [0.25, 0.3) is 0 Å². The van der Waals surface area contributed by atoms with Gasteiger partial charge in [-0.1, -0.05) is 121 Å². The van der Waals surface area contributed by atoms with E-state index in [-0.39, 0.29) is 6.61 Å². The summed E-state index contributed by atoms with van der Waals surface area (Å²) in [6, 6.07) is 46.4. The Labute approximate surface area is 295 Å². The summed E-state index contributed by atoms with van der Waals surface area (Å²) in [5.41, 5.74) is 5.97. The van der Waals surface area contributed by atoms with Crippen LogP contribution in [0.1, 0.15) is 22.9 Å². The molecule has 252 valence electrons. The Hall–Kier alpha value is -4.67. The second kappa shape index (κ2) is 15.1. The molecular formula is C42H38N2O5S. The summed E-state index contributed by atoms with van der Waals surface area (Å²) in [5, 5.41) is 14.2. The molecule has 0 saturated carbocycles. The van der Waals surface area contributed by atoms with Gasteiger partial charge in [0.2, 0.25) is 0 Å². The Balaban J connectivity index is 1.16. The fourth-order valence-electron chi connectivity index (χ4n) is 6.64. The topological polar surface area (TPSA) is 75.0 Å². The quantitative estimate of drug-likeness (QED) is 0.139. The van der Waals surface area contributed by atoms with Crippen LogP contribution in [0.25, 0.3) is 31.7 Å². The molecule has 8 rings (SSSR count). The average molecular weight is 683 g/mol. The number of thiazole rings is 1. The maximum absolute atomic E-state index is 12.3. The molecular weight excluding hydrogens is 645 g/mol. The zero-order valence-corrected chi connectivity index (χ0v) is 28.3. The molecule has 0 radical (unpaired) electrons. The van der Waals surface area contributed by atoms with Crippen LogP contribution in [0.3, 0.4) is 0 Å². The van der Waals surface area contributed by atoms with E-state index in [1.165, 1.54) is 0 Å². The first-order chi connectivity index (χ1) is 24.7. The molecule has 1 N–H and O–H groups in total. The van der Waals surface area contributed by atoms with E-state index in [1.54, 1.807) is 11.3 Å². The number of hydrogen-bond acceptors (Lipinski definition) is 7. The van der Waals surface area contributed by atoms with E-state index in [2.05, 4.69) is 24.4 Å². The normalized spacial score (nSPS) is 20.8. The lowest BCUT2D eigenvalue weighted by atomic mass is 9.97. The lowest BCUT2D eigenvalue weighted by molar-refractivity contribution is -0.278. The fourth-order valence-corrected chi connectivity index (χ4v) is 7.63. The zero-order valence-electron chi connectivity index (χ0n) is 27.5. The van der Waals surface area contributed by atoms with Crippen molar-refractivity contribution in [2.24, 2.45) is 0 Å². The van der Waals surface area contributed by atoms with Crippen molar-refractivity contribution in [1.29, 1.82) is 0 Å². The molecule has 1 saturated heterocycles. The van der Waals surface area contributed by atoms with Crippen LogP contribution < -0.4 is 0 Å². The van der Waals surface area contributed by atoms with E-state index in [0.717, 1.165) is 48.4 Å². The van der Waals surface area contributed by atoms with Crippen molar-refractivity contribution in [3.05, 3.63) is 162 Å². The highest BCUT2D eigenvalue weighted by Crippen LogP contribution is 2.40. The molecule has 2 aromatic heterocycles. The number of aliphatic hydroxyl groups is 1. The molecule has 7 nitrogen and oxygen atoms in total. The Bertz CT molecular complexity index is 2100. The highest BCUT2D eigenvalue weighted by molar-refractivity contribution is 7.21. The minimum absolute atomic E-state index is 0.243. The van der Waals surface area contributed by atoms with Crippen molar-refractivity contribution in [2.45, 2.75) is 50.5 Å². The van der Waals surface area contributed by atoms with Gasteiger partial charge < -0.3 is 28.6 Å². The number of aliphatic hydroxyl groups excluding tert-OH is 1. The Kier molecular flexibility index (Phi) is 9.80. The number of para-hydroxylation sites is 2.